The summed E-state index contributed by atoms with van der Waals surface area (Å²) in [6.45, 7) is 4.18. The molecule has 12 nitrogen and oxygen atoms in total. The average Bonchev–Trinajstić information content (AvgIpc) is 1.61. The van der Waals surface area contributed by atoms with Crippen LogP contribution in [-0.4, -0.2) is 44.9 Å². The molecule has 0 radical (unpaired) electrons. The molecule has 0 atom stereocenters. The van der Waals surface area contributed by atoms with Gasteiger partial charge in [0.15, 0.2) is 0 Å². The number of carbonyl (C=O) groups excluding carboxylic acids is 4. The Hall–Kier alpha value is -11.4. The third-order valence-corrected chi connectivity index (χ3v) is 14.7. The topological polar surface area (TPSA) is 148 Å². The number of esters is 4. The lowest BCUT2D eigenvalue weighted by Crippen LogP contribution is -2.32. The van der Waals surface area contributed by atoms with Gasteiger partial charge in [0, 0.05) is 33.4 Å². The molecule has 0 saturated heterocycles. The lowest BCUT2D eigenvalue weighted by molar-refractivity contribution is 0.0725. The number of aromatic nitrogens is 2. The third-order valence-electron chi connectivity index (χ3n) is 14.7. The maximum Gasteiger partial charge on any atom is 0.343 e. The van der Waals surface area contributed by atoms with Crippen molar-refractivity contribution in [3.05, 3.63) is 317 Å². The van der Waals surface area contributed by atoms with E-state index < -0.39 is 29.7 Å². The van der Waals surface area contributed by atoms with Crippen molar-refractivity contribution in [2.24, 2.45) is 9.98 Å². The second-order valence-electron chi connectivity index (χ2n) is 20.2. The molecule has 0 N–H and O–H groups in total. The van der Waals surface area contributed by atoms with E-state index in [1.54, 1.807) is 146 Å². The van der Waals surface area contributed by atoms with Crippen molar-refractivity contribution in [3.8, 4) is 56.9 Å². The molecule has 1 aromatic heterocycles. The van der Waals surface area contributed by atoms with Gasteiger partial charge in [-0.15, -0.1) is 0 Å². The van der Waals surface area contributed by atoms with Gasteiger partial charge in [0.05, 0.1) is 45.1 Å². The van der Waals surface area contributed by atoms with Gasteiger partial charge in [-0.1, -0.05) is 184 Å². The zero-order valence-electron chi connectivity index (χ0n) is 46.9. The number of ether oxygens (including phenoxy) is 4. The molecular formula is C74H54N4O8. The number of hydrogen-bond donors (Lipinski definition) is 0. The Morgan fingerprint density at radius 3 is 1.07 bits per heavy atom. The number of hydrogen-bond acceptors (Lipinski definition) is 11. The van der Waals surface area contributed by atoms with Crippen LogP contribution in [0.25, 0.3) is 33.9 Å². The van der Waals surface area contributed by atoms with Gasteiger partial charge in [0.2, 0.25) is 0 Å². The third kappa shape index (κ3) is 11.4. The summed E-state index contributed by atoms with van der Waals surface area (Å²) in [6.07, 6.45) is 1.23. The molecule has 2 heterocycles. The van der Waals surface area contributed by atoms with Crippen molar-refractivity contribution >= 4 is 35.3 Å². The van der Waals surface area contributed by atoms with Crippen LogP contribution in [0.3, 0.4) is 0 Å². The molecule has 1 aliphatic rings. The van der Waals surface area contributed by atoms with Crippen molar-refractivity contribution in [2.45, 2.75) is 32.5 Å². The van der Waals surface area contributed by atoms with E-state index in [1.165, 1.54) is 0 Å². The van der Waals surface area contributed by atoms with Crippen LogP contribution in [0.15, 0.2) is 277 Å². The minimum atomic E-state index is -1.71. The van der Waals surface area contributed by atoms with E-state index in [0.717, 1.165) is 22.3 Å². The smallest absolute Gasteiger partial charge is 0.343 e. The second kappa shape index (κ2) is 24.6. The molecule has 418 valence electrons. The van der Waals surface area contributed by atoms with Gasteiger partial charge in [0.25, 0.3) is 5.79 Å². The second-order valence-corrected chi connectivity index (χ2v) is 20.2. The Labute approximate surface area is 497 Å². The number of aryl methyl sites for hydroxylation is 2. The Balaban J connectivity index is 1.11. The van der Waals surface area contributed by atoms with Crippen LogP contribution in [0.4, 0.5) is 0 Å². The maximum absolute atomic E-state index is 13.9. The molecule has 12 rings (SSSR count). The first-order valence-corrected chi connectivity index (χ1v) is 28.2. The Bertz CT molecular complexity index is 4220. The first-order chi connectivity index (χ1) is 42.2. The highest BCUT2D eigenvalue weighted by molar-refractivity contribution is 6.54. The summed E-state index contributed by atoms with van der Waals surface area (Å²) in [5.41, 5.74) is 9.32. The highest BCUT2D eigenvalue weighted by Gasteiger charge is 2.46. The van der Waals surface area contributed by atoms with Crippen LogP contribution in [0.5, 0.6) is 23.0 Å². The molecule has 0 amide bonds. The summed E-state index contributed by atoms with van der Waals surface area (Å²) < 4.78 is 25.2. The quantitative estimate of drug-likeness (QED) is 0.0642. The fraction of sp³-hybridized carbons (Fsp3) is 0.0676. The number of para-hydroxylation sites is 4. The summed E-state index contributed by atoms with van der Waals surface area (Å²) in [4.78, 5) is 72.5. The highest BCUT2D eigenvalue weighted by atomic mass is 16.5. The Morgan fingerprint density at radius 1 is 0.360 bits per heavy atom. The molecule has 11 aromatic rings. The largest absolute Gasteiger partial charge is 0.423 e. The van der Waals surface area contributed by atoms with Crippen molar-refractivity contribution in [2.75, 3.05) is 0 Å². The average molecular weight is 1130 g/mol. The summed E-state index contributed by atoms with van der Waals surface area (Å²) in [6, 6.07) is 80.2. The Morgan fingerprint density at radius 2 is 0.686 bits per heavy atom. The van der Waals surface area contributed by atoms with Crippen LogP contribution in [0, 0.1) is 0 Å². The van der Waals surface area contributed by atoms with E-state index in [2.05, 4.69) is 30.5 Å². The zero-order valence-corrected chi connectivity index (χ0v) is 46.9. The number of carbonyl (C=O) groups is 4. The molecule has 0 unspecified atom stereocenters. The molecule has 1 aliphatic heterocycles. The molecule has 10 aromatic carbocycles. The first kappa shape index (κ1) is 55.2. The van der Waals surface area contributed by atoms with Crippen LogP contribution in [0.1, 0.15) is 83.1 Å². The lowest BCUT2D eigenvalue weighted by atomic mass is 9.96. The first-order valence-electron chi connectivity index (χ1n) is 28.2. The van der Waals surface area contributed by atoms with Gasteiger partial charge in [-0.2, -0.15) is 0 Å². The van der Waals surface area contributed by atoms with E-state index in [1.807, 2.05) is 109 Å². The molecule has 0 fully saturated rings. The number of rotatable bonds is 17. The molecule has 0 spiro atoms. The summed E-state index contributed by atoms with van der Waals surface area (Å²) in [5, 5.41) is 0. The lowest BCUT2D eigenvalue weighted by Gasteiger charge is -2.31. The predicted molar refractivity (Wildman–Crippen MR) is 332 cm³/mol. The van der Waals surface area contributed by atoms with Gasteiger partial charge >= 0.3 is 23.9 Å². The van der Waals surface area contributed by atoms with Crippen LogP contribution in [-0.2, 0) is 18.6 Å². The summed E-state index contributed by atoms with van der Waals surface area (Å²) in [7, 11) is 0. The predicted octanol–water partition coefficient (Wildman–Crippen LogP) is 15.5. The van der Waals surface area contributed by atoms with Gasteiger partial charge in [-0.3, -0.25) is 4.57 Å². The van der Waals surface area contributed by atoms with E-state index >= 15 is 0 Å². The molecule has 0 aliphatic carbocycles. The highest BCUT2D eigenvalue weighted by Crippen LogP contribution is 2.48. The fourth-order valence-electron chi connectivity index (χ4n) is 10.4. The van der Waals surface area contributed by atoms with E-state index in [0.29, 0.717) is 109 Å². The summed E-state index contributed by atoms with van der Waals surface area (Å²) in [5.74, 6) is -1.71. The zero-order chi connectivity index (χ0) is 59.0. The van der Waals surface area contributed by atoms with Crippen molar-refractivity contribution < 1.29 is 38.1 Å². The van der Waals surface area contributed by atoms with Crippen molar-refractivity contribution in [1.82, 2.24) is 9.55 Å². The van der Waals surface area contributed by atoms with Crippen LogP contribution < -0.4 is 18.9 Å². The fourth-order valence-corrected chi connectivity index (χ4v) is 10.4. The van der Waals surface area contributed by atoms with Crippen molar-refractivity contribution in [1.29, 1.82) is 0 Å². The molecular weight excluding hydrogens is 1070 g/mol. The Kier molecular flexibility index (Phi) is 15.8. The van der Waals surface area contributed by atoms with Gasteiger partial charge < -0.3 is 18.9 Å². The van der Waals surface area contributed by atoms with Crippen LogP contribution in [0.2, 0.25) is 0 Å². The molecule has 0 bridgehead atoms. The van der Waals surface area contributed by atoms with Crippen molar-refractivity contribution in [3.63, 3.8) is 0 Å². The van der Waals surface area contributed by atoms with Crippen LogP contribution >= 0.6 is 0 Å². The van der Waals surface area contributed by atoms with Gasteiger partial charge in [-0.25, -0.2) is 34.1 Å². The molecule has 12 heteroatoms. The normalized spacial score (nSPS) is 12.3. The minimum absolute atomic E-state index is 0.308. The standard InChI is InChI=1S/C74H54N4O8/c1-3-49-21-17-19-31-63(49)69-75-67(53-37-45-57(46-38-53)72(81)85-61-27-13-7-14-28-61)68(54-39-47-58(48-40-54)73(82)86-62-29-15-8-16-30-62)78(69)74(64-32-20-18-22-50(64)4-2)76-65(51-33-41-55(42-34-51)70(79)83-59-23-9-5-10-24-59)66(77-74)52-35-43-56(44-36-52)71(80)84-60-25-11-6-12-26-60/h5-48H,3-4H2,1-2H3. The number of aliphatic imine (C=N–C) groups is 2. The summed E-state index contributed by atoms with van der Waals surface area (Å²) >= 11 is 0. The minimum Gasteiger partial charge on any atom is -0.423 e. The number of imidazole rings is 1. The monoisotopic (exact) mass is 1130 g/mol. The van der Waals surface area contributed by atoms with E-state index in [4.69, 9.17) is 33.9 Å². The SMILES string of the molecule is CCc1ccccc1-c1nc(-c2ccc(C(=O)Oc3ccccc3)cc2)c(-c2ccc(C(=O)Oc3ccccc3)cc2)n1C1(c2ccccc2CC)N=C(c2ccc(C(=O)Oc3ccccc3)cc2)C(c2ccc(C(=O)Oc3ccccc3)cc2)=N1. The van der Waals surface area contributed by atoms with Gasteiger partial charge in [0.1, 0.15) is 28.8 Å². The van der Waals surface area contributed by atoms with E-state index in [-0.39, 0.29) is 0 Å². The number of benzene rings is 10. The maximum atomic E-state index is 13.9. The number of nitrogens with zero attached hydrogens (tertiary/aromatic N) is 4. The van der Waals surface area contributed by atoms with Gasteiger partial charge in [-0.05, 0) is 121 Å². The van der Waals surface area contributed by atoms with E-state index in [9.17, 15) is 19.2 Å². The molecule has 0 saturated carbocycles. The molecule has 86 heavy (non-hydrogen) atoms.